The largest absolute Gasteiger partial charge is 0.457 e. The Morgan fingerprint density at radius 3 is 1.57 bits per heavy atom. The van der Waals surface area contributed by atoms with Gasteiger partial charge in [0.15, 0.2) is 6.29 Å². The van der Waals surface area contributed by atoms with Gasteiger partial charge in [-0.15, -0.1) is 0 Å². The first-order valence-electron chi connectivity index (χ1n) is 24.1. The van der Waals surface area contributed by atoms with Gasteiger partial charge in [-0.2, -0.15) is 0 Å². The van der Waals surface area contributed by atoms with Gasteiger partial charge in [0, 0.05) is 13.0 Å². The summed E-state index contributed by atoms with van der Waals surface area (Å²) in [5.41, 5.74) is 0. The zero-order chi connectivity index (χ0) is 42.2. The summed E-state index contributed by atoms with van der Waals surface area (Å²) in [6.45, 7) is 4.43. The van der Waals surface area contributed by atoms with E-state index in [2.05, 4.69) is 50.3 Å². The quantitative estimate of drug-likeness (QED) is 0.0270. The standard InChI is InChI=1S/C49H90O9/c1-3-5-7-9-11-13-15-17-18-19-20-21-22-23-24-25-27-29-31-33-35-37-39-55-41-43(42-56-49-48(54)47(53)46(52)44(40-50)58-49)57-45(51)38-36-34-32-30-28-26-16-14-12-10-8-6-4-2/h6,8,12,14,26,28,43-44,46-50,52-54H,3-5,7,9-11,13,15-25,27,29-42H2,1-2H3/b8-6-,14-12-,28-26-. The highest BCUT2D eigenvalue weighted by atomic mass is 16.7. The molecule has 1 saturated heterocycles. The van der Waals surface area contributed by atoms with Gasteiger partial charge in [0.1, 0.15) is 30.5 Å². The van der Waals surface area contributed by atoms with Gasteiger partial charge < -0.3 is 39.4 Å². The number of carbonyl (C=O) groups is 1. The Kier molecular flexibility index (Phi) is 38.3. The van der Waals surface area contributed by atoms with Gasteiger partial charge in [0.2, 0.25) is 0 Å². The third-order valence-corrected chi connectivity index (χ3v) is 11.1. The molecule has 9 heteroatoms. The van der Waals surface area contributed by atoms with Crippen LogP contribution in [0, 0.1) is 0 Å². The van der Waals surface area contributed by atoms with Crippen LogP contribution in [0.2, 0.25) is 0 Å². The summed E-state index contributed by atoms with van der Waals surface area (Å²) in [5, 5.41) is 40.1. The second kappa shape index (κ2) is 40.8. The number of hydrogen-bond acceptors (Lipinski definition) is 9. The van der Waals surface area contributed by atoms with Crippen molar-refractivity contribution in [2.24, 2.45) is 0 Å². The van der Waals surface area contributed by atoms with E-state index in [4.69, 9.17) is 18.9 Å². The smallest absolute Gasteiger partial charge is 0.306 e. The fourth-order valence-electron chi connectivity index (χ4n) is 7.33. The Hall–Kier alpha value is -1.59. The molecule has 340 valence electrons. The van der Waals surface area contributed by atoms with Gasteiger partial charge in [-0.1, -0.05) is 192 Å². The van der Waals surface area contributed by atoms with E-state index in [9.17, 15) is 25.2 Å². The minimum Gasteiger partial charge on any atom is -0.457 e. The first kappa shape index (κ1) is 54.4. The molecule has 1 aliphatic heterocycles. The first-order chi connectivity index (χ1) is 28.4. The maximum absolute atomic E-state index is 12.8. The van der Waals surface area contributed by atoms with Crippen molar-refractivity contribution in [2.45, 2.75) is 243 Å². The molecule has 0 saturated carbocycles. The summed E-state index contributed by atoms with van der Waals surface area (Å²) < 4.78 is 22.8. The number of aliphatic hydroxyl groups is 4. The van der Waals surface area contributed by atoms with E-state index < -0.39 is 43.4 Å². The minimum absolute atomic E-state index is 0.123. The fraction of sp³-hybridized carbons (Fsp3) is 0.857. The Balaban J connectivity index is 2.20. The van der Waals surface area contributed by atoms with E-state index in [1.807, 2.05) is 0 Å². The summed E-state index contributed by atoms with van der Waals surface area (Å²) in [4.78, 5) is 12.8. The van der Waals surface area contributed by atoms with Crippen molar-refractivity contribution in [2.75, 3.05) is 26.4 Å². The highest BCUT2D eigenvalue weighted by Gasteiger charge is 2.44. The van der Waals surface area contributed by atoms with Crippen molar-refractivity contribution >= 4 is 5.97 Å². The monoisotopic (exact) mass is 823 g/mol. The lowest BCUT2D eigenvalue weighted by atomic mass is 9.99. The van der Waals surface area contributed by atoms with Crippen LogP contribution in [0.1, 0.15) is 206 Å². The van der Waals surface area contributed by atoms with Crippen molar-refractivity contribution in [3.05, 3.63) is 36.5 Å². The van der Waals surface area contributed by atoms with E-state index in [-0.39, 0.29) is 25.6 Å². The number of carbonyl (C=O) groups excluding carboxylic acids is 1. The number of rotatable bonds is 41. The Morgan fingerprint density at radius 2 is 1.05 bits per heavy atom. The molecule has 6 atom stereocenters. The summed E-state index contributed by atoms with van der Waals surface area (Å²) in [7, 11) is 0. The van der Waals surface area contributed by atoms with Crippen LogP contribution in [0.25, 0.3) is 0 Å². The molecule has 0 spiro atoms. The molecule has 1 aliphatic rings. The van der Waals surface area contributed by atoms with Crippen LogP contribution in [-0.4, -0.2) is 89.6 Å². The number of ether oxygens (including phenoxy) is 4. The molecule has 0 bridgehead atoms. The number of unbranched alkanes of at least 4 members (excludes halogenated alkanes) is 24. The molecule has 1 fully saturated rings. The normalized spacial score (nSPS) is 20.6. The lowest BCUT2D eigenvalue weighted by Crippen LogP contribution is -2.59. The molecule has 0 aromatic heterocycles. The molecule has 0 aromatic rings. The molecule has 1 rings (SSSR count). The Labute approximate surface area is 355 Å². The lowest BCUT2D eigenvalue weighted by Gasteiger charge is -2.39. The molecule has 6 unspecified atom stereocenters. The van der Waals surface area contributed by atoms with E-state index in [1.54, 1.807) is 0 Å². The third-order valence-electron chi connectivity index (χ3n) is 11.1. The molecule has 0 amide bonds. The van der Waals surface area contributed by atoms with Crippen molar-refractivity contribution in [3.63, 3.8) is 0 Å². The molecular formula is C49H90O9. The molecule has 1 heterocycles. The zero-order valence-electron chi connectivity index (χ0n) is 37.3. The summed E-state index contributed by atoms with van der Waals surface area (Å²) in [6, 6.07) is 0. The summed E-state index contributed by atoms with van der Waals surface area (Å²) in [6.07, 6.45) is 41.9. The average Bonchev–Trinajstić information content (AvgIpc) is 3.22. The second-order valence-electron chi connectivity index (χ2n) is 16.5. The topological polar surface area (TPSA) is 135 Å². The SMILES string of the molecule is CC/C=C\C/C=C\C/C=C\CCCCCC(=O)OC(COCCCCCCCCCCCCCCCCCCCCCCCC)COC1OC(CO)C(O)C(O)C1O. The average molecular weight is 823 g/mol. The molecule has 9 nitrogen and oxygen atoms in total. The van der Waals surface area contributed by atoms with Crippen LogP contribution in [0.5, 0.6) is 0 Å². The van der Waals surface area contributed by atoms with Crippen LogP contribution in [0.4, 0.5) is 0 Å². The fourth-order valence-corrected chi connectivity index (χ4v) is 7.33. The predicted molar refractivity (Wildman–Crippen MR) is 238 cm³/mol. The highest BCUT2D eigenvalue weighted by molar-refractivity contribution is 5.69. The van der Waals surface area contributed by atoms with Crippen molar-refractivity contribution < 1.29 is 44.2 Å². The zero-order valence-corrected chi connectivity index (χ0v) is 37.3. The molecule has 0 aliphatic carbocycles. The van der Waals surface area contributed by atoms with Gasteiger partial charge >= 0.3 is 5.97 Å². The first-order valence-corrected chi connectivity index (χ1v) is 24.1. The molecule has 0 aromatic carbocycles. The number of allylic oxidation sites excluding steroid dienone is 6. The van der Waals surface area contributed by atoms with Crippen LogP contribution < -0.4 is 0 Å². The molecule has 0 radical (unpaired) electrons. The summed E-state index contributed by atoms with van der Waals surface area (Å²) >= 11 is 0. The van der Waals surface area contributed by atoms with Gasteiger partial charge in [-0.3, -0.25) is 4.79 Å². The van der Waals surface area contributed by atoms with Crippen LogP contribution in [-0.2, 0) is 23.7 Å². The van der Waals surface area contributed by atoms with Crippen LogP contribution >= 0.6 is 0 Å². The minimum atomic E-state index is -1.54. The van der Waals surface area contributed by atoms with Crippen LogP contribution in [0.15, 0.2) is 36.5 Å². The maximum atomic E-state index is 12.8. The van der Waals surface area contributed by atoms with Crippen LogP contribution in [0.3, 0.4) is 0 Å². The van der Waals surface area contributed by atoms with Crippen molar-refractivity contribution in [3.8, 4) is 0 Å². The van der Waals surface area contributed by atoms with E-state index in [0.717, 1.165) is 57.8 Å². The lowest BCUT2D eigenvalue weighted by molar-refractivity contribution is -0.305. The Bertz CT molecular complexity index is 983. The maximum Gasteiger partial charge on any atom is 0.306 e. The number of aliphatic hydroxyl groups excluding tert-OH is 4. The summed E-state index contributed by atoms with van der Waals surface area (Å²) in [5.74, 6) is -0.340. The highest BCUT2D eigenvalue weighted by Crippen LogP contribution is 2.23. The second-order valence-corrected chi connectivity index (χ2v) is 16.5. The molecule has 4 N–H and O–H groups in total. The van der Waals surface area contributed by atoms with Gasteiger partial charge in [-0.05, 0) is 44.9 Å². The van der Waals surface area contributed by atoms with Gasteiger partial charge in [0.05, 0.1) is 19.8 Å². The van der Waals surface area contributed by atoms with Gasteiger partial charge in [0.25, 0.3) is 0 Å². The molecule has 58 heavy (non-hydrogen) atoms. The number of esters is 1. The van der Waals surface area contributed by atoms with E-state index in [1.165, 1.54) is 128 Å². The van der Waals surface area contributed by atoms with Gasteiger partial charge in [-0.25, -0.2) is 0 Å². The van der Waals surface area contributed by atoms with E-state index >= 15 is 0 Å². The third kappa shape index (κ3) is 31.3. The van der Waals surface area contributed by atoms with E-state index in [0.29, 0.717) is 6.61 Å². The Morgan fingerprint density at radius 1 is 0.569 bits per heavy atom. The predicted octanol–water partition coefficient (Wildman–Crippen LogP) is 11.1. The number of hydrogen-bond donors (Lipinski definition) is 4. The molecular weight excluding hydrogens is 733 g/mol. The van der Waals surface area contributed by atoms with Crippen molar-refractivity contribution in [1.29, 1.82) is 0 Å². The van der Waals surface area contributed by atoms with Crippen molar-refractivity contribution in [1.82, 2.24) is 0 Å².